The van der Waals surface area contributed by atoms with E-state index in [-0.39, 0.29) is 41.1 Å². The number of fused-ring (bicyclic) bond motifs is 1. The highest BCUT2D eigenvalue weighted by Crippen LogP contribution is 2.53. The van der Waals surface area contributed by atoms with E-state index in [0.29, 0.717) is 25.1 Å². The molecule has 1 unspecified atom stereocenters. The molecule has 2 saturated heterocycles. The summed E-state index contributed by atoms with van der Waals surface area (Å²) in [5, 5.41) is 6.42. The summed E-state index contributed by atoms with van der Waals surface area (Å²) in [7, 11) is 0. The van der Waals surface area contributed by atoms with Crippen LogP contribution in [0.2, 0.25) is 0 Å². The Hall–Kier alpha value is -1.81. The zero-order chi connectivity index (χ0) is 21.9. The highest BCUT2D eigenvalue weighted by Gasteiger charge is 2.61. The molecular weight excluding hydrogens is 414 g/mol. The SMILES string of the molecule is C[C@@H](OC[C@@]12CC1C[C@]1(CCC(=O)N1)CN2)c1cc(C(F)(F)F)cc(C(F)(F)F)c1. The van der Waals surface area contributed by atoms with Crippen LogP contribution in [0.3, 0.4) is 0 Å². The monoisotopic (exact) mass is 436 g/mol. The third-order valence-corrected chi connectivity index (χ3v) is 6.55. The fourth-order valence-electron chi connectivity index (χ4n) is 4.62. The van der Waals surface area contributed by atoms with E-state index in [9.17, 15) is 31.1 Å². The summed E-state index contributed by atoms with van der Waals surface area (Å²) in [5.41, 5.74) is -3.45. The van der Waals surface area contributed by atoms with Crippen molar-refractivity contribution in [2.24, 2.45) is 5.92 Å². The molecule has 30 heavy (non-hydrogen) atoms. The number of amides is 1. The van der Waals surface area contributed by atoms with Crippen LogP contribution in [0.4, 0.5) is 26.3 Å². The average molecular weight is 436 g/mol. The molecule has 2 N–H and O–H groups in total. The van der Waals surface area contributed by atoms with E-state index >= 15 is 0 Å². The van der Waals surface area contributed by atoms with E-state index in [4.69, 9.17) is 4.74 Å². The Bertz CT molecular complexity index is 822. The molecule has 4 nitrogen and oxygen atoms in total. The van der Waals surface area contributed by atoms with Gasteiger partial charge < -0.3 is 15.4 Å². The number of hydrogen-bond acceptors (Lipinski definition) is 3. The summed E-state index contributed by atoms with van der Waals surface area (Å²) in [4.78, 5) is 11.6. The molecule has 2 aliphatic heterocycles. The van der Waals surface area contributed by atoms with Crippen molar-refractivity contribution in [3.63, 3.8) is 0 Å². The molecule has 1 amide bonds. The van der Waals surface area contributed by atoms with Crippen LogP contribution in [-0.2, 0) is 21.9 Å². The number of benzene rings is 1. The molecule has 3 aliphatic rings. The molecule has 4 atom stereocenters. The molecule has 1 aromatic carbocycles. The zero-order valence-electron chi connectivity index (χ0n) is 16.2. The Labute approximate surface area is 169 Å². The molecule has 1 aliphatic carbocycles. The molecule has 0 bridgehead atoms. The number of ether oxygens (including phenoxy) is 1. The van der Waals surface area contributed by atoms with Crippen molar-refractivity contribution >= 4 is 5.91 Å². The van der Waals surface area contributed by atoms with Crippen LogP contribution in [0, 0.1) is 5.92 Å². The predicted octanol–water partition coefficient (Wildman–Crippen LogP) is 4.20. The first-order valence-electron chi connectivity index (χ1n) is 9.79. The van der Waals surface area contributed by atoms with Gasteiger partial charge in [0.15, 0.2) is 0 Å². The summed E-state index contributed by atoms with van der Waals surface area (Å²) < 4.78 is 84.1. The number of hydrogen-bond donors (Lipinski definition) is 2. The van der Waals surface area contributed by atoms with E-state index in [1.54, 1.807) is 0 Å². The van der Waals surface area contributed by atoms with Crippen molar-refractivity contribution in [2.75, 3.05) is 13.2 Å². The van der Waals surface area contributed by atoms with Gasteiger partial charge in [0.25, 0.3) is 0 Å². The summed E-state index contributed by atoms with van der Waals surface area (Å²) >= 11 is 0. The molecule has 0 aromatic heterocycles. The molecule has 166 valence electrons. The second kappa shape index (κ2) is 6.85. The van der Waals surface area contributed by atoms with Gasteiger partial charge in [-0.3, -0.25) is 4.79 Å². The van der Waals surface area contributed by atoms with Crippen LogP contribution in [0.25, 0.3) is 0 Å². The summed E-state index contributed by atoms with van der Waals surface area (Å²) in [5.74, 6) is 0.281. The van der Waals surface area contributed by atoms with Crippen molar-refractivity contribution in [1.29, 1.82) is 0 Å². The van der Waals surface area contributed by atoms with Crippen LogP contribution in [0.1, 0.15) is 55.4 Å². The third-order valence-electron chi connectivity index (χ3n) is 6.55. The highest BCUT2D eigenvalue weighted by atomic mass is 19.4. The molecule has 1 saturated carbocycles. The summed E-state index contributed by atoms with van der Waals surface area (Å²) in [6.07, 6.45) is -7.87. The molecule has 10 heteroatoms. The van der Waals surface area contributed by atoms with Crippen molar-refractivity contribution < 1.29 is 35.9 Å². The predicted molar refractivity (Wildman–Crippen MR) is 94.4 cm³/mol. The first-order chi connectivity index (χ1) is 13.8. The number of piperidine rings is 1. The Morgan fingerprint density at radius 2 is 1.73 bits per heavy atom. The molecule has 4 rings (SSSR count). The number of halogens is 6. The number of carbonyl (C=O) groups is 1. The van der Waals surface area contributed by atoms with Crippen LogP contribution in [-0.4, -0.2) is 30.1 Å². The lowest BCUT2D eigenvalue weighted by Crippen LogP contribution is -2.58. The van der Waals surface area contributed by atoms with Crippen molar-refractivity contribution in [3.05, 3.63) is 34.9 Å². The van der Waals surface area contributed by atoms with Crippen LogP contribution in [0.15, 0.2) is 18.2 Å². The smallest absolute Gasteiger partial charge is 0.372 e. The van der Waals surface area contributed by atoms with Gasteiger partial charge in [-0.15, -0.1) is 0 Å². The maximum Gasteiger partial charge on any atom is 0.416 e. The number of alkyl halides is 6. The normalized spacial score (nSPS) is 32.1. The fourth-order valence-corrected chi connectivity index (χ4v) is 4.62. The number of nitrogens with one attached hydrogen (secondary N) is 2. The lowest BCUT2D eigenvalue weighted by molar-refractivity contribution is -0.143. The molecule has 3 fully saturated rings. The zero-order valence-corrected chi connectivity index (χ0v) is 16.2. The molecular formula is C20H22F6N2O2. The van der Waals surface area contributed by atoms with E-state index in [2.05, 4.69) is 10.6 Å². The maximum atomic E-state index is 13.1. The topological polar surface area (TPSA) is 50.4 Å². The van der Waals surface area contributed by atoms with Gasteiger partial charge in [-0.2, -0.15) is 26.3 Å². The van der Waals surface area contributed by atoms with E-state index in [1.165, 1.54) is 6.92 Å². The van der Waals surface area contributed by atoms with Gasteiger partial charge in [-0.05, 0) is 55.9 Å². The van der Waals surface area contributed by atoms with Crippen molar-refractivity contribution in [3.8, 4) is 0 Å². The Kier molecular flexibility index (Phi) is 4.89. The van der Waals surface area contributed by atoms with Crippen molar-refractivity contribution in [1.82, 2.24) is 10.6 Å². The highest BCUT2D eigenvalue weighted by molar-refractivity contribution is 5.79. The summed E-state index contributed by atoms with van der Waals surface area (Å²) in [6.45, 7) is 2.21. The second-order valence-electron chi connectivity index (χ2n) is 8.74. The Morgan fingerprint density at radius 3 is 2.23 bits per heavy atom. The second-order valence-corrected chi connectivity index (χ2v) is 8.74. The minimum atomic E-state index is -4.89. The van der Waals surface area contributed by atoms with Crippen LogP contribution in [0.5, 0.6) is 0 Å². The van der Waals surface area contributed by atoms with Gasteiger partial charge in [-0.1, -0.05) is 0 Å². The van der Waals surface area contributed by atoms with E-state index in [0.717, 1.165) is 19.3 Å². The minimum Gasteiger partial charge on any atom is -0.372 e. The standard InChI is InChI=1S/C20H22F6N2O2/c1-11(12-4-13(19(21,22)23)6-14(5-12)20(24,25)26)30-10-18-8-15(18)7-17(9-27-18)3-2-16(29)28-17/h4-6,11,15,27H,2-3,7-10H2,1H3,(H,28,29)/t11-,15?,17-,18+/m1/s1. The Morgan fingerprint density at radius 1 is 1.10 bits per heavy atom. The van der Waals surface area contributed by atoms with Gasteiger partial charge in [0.2, 0.25) is 5.91 Å². The molecule has 2 heterocycles. The average Bonchev–Trinajstić information content (AvgIpc) is 3.24. The van der Waals surface area contributed by atoms with Crippen LogP contribution >= 0.6 is 0 Å². The van der Waals surface area contributed by atoms with Crippen molar-refractivity contribution in [2.45, 2.75) is 62.1 Å². The van der Waals surface area contributed by atoms with Crippen LogP contribution < -0.4 is 10.6 Å². The molecule has 1 spiro atoms. The molecule has 0 radical (unpaired) electrons. The lowest BCUT2D eigenvalue weighted by Gasteiger charge is -2.38. The minimum absolute atomic E-state index is 0.0276. The number of carbonyl (C=O) groups excluding carboxylic acids is 1. The van der Waals surface area contributed by atoms with Gasteiger partial charge >= 0.3 is 12.4 Å². The van der Waals surface area contributed by atoms with E-state index < -0.39 is 29.6 Å². The van der Waals surface area contributed by atoms with E-state index in [1.807, 2.05) is 0 Å². The quantitative estimate of drug-likeness (QED) is 0.696. The van der Waals surface area contributed by atoms with Gasteiger partial charge in [0, 0.05) is 18.5 Å². The largest absolute Gasteiger partial charge is 0.416 e. The number of rotatable bonds is 4. The van der Waals surface area contributed by atoms with Gasteiger partial charge in [-0.25, -0.2) is 0 Å². The lowest BCUT2D eigenvalue weighted by atomic mass is 9.86. The first-order valence-corrected chi connectivity index (χ1v) is 9.79. The van der Waals surface area contributed by atoms with Gasteiger partial charge in [0.05, 0.1) is 29.4 Å². The third kappa shape index (κ3) is 4.03. The van der Waals surface area contributed by atoms with Gasteiger partial charge in [0.1, 0.15) is 0 Å². The Balaban J connectivity index is 1.44. The first kappa shape index (κ1) is 21.4. The summed E-state index contributed by atoms with van der Waals surface area (Å²) in [6, 6.07) is 1.53. The fraction of sp³-hybridized carbons (Fsp3) is 0.650. The maximum absolute atomic E-state index is 13.1. The molecule has 1 aromatic rings.